The van der Waals surface area contributed by atoms with Crippen LogP contribution in [-0.4, -0.2) is 76.1 Å². The highest BCUT2D eigenvalue weighted by atomic mass is 16.4. The fourth-order valence-electron chi connectivity index (χ4n) is 3.78. The van der Waals surface area contributed by atoms with E-state index in [1.807, 2.05) is 13.8 Å². The van der Waals surface area contributed by atoms with Crippen molar-refractivity contribution in [3.8, 4) is 0 Å². The average Bonchev–Trinajstić information content (AvgIpc) is 3.31. The molecule has 3 amide bonds. The first-order valence-electron chi connectivity index (χ1n) is 11.2. The summed E-state index contributed by atoms with van der Waals surface area (Å²) < 4.78 is 0. The number of carboxylic acids is 1. The molecule has 1 aromatic rings. The predicted molar refractivity (Wildman–Crippen MR) is 121 cm³/mol. The van der Waals surface area contributed by atoms with Gasteiger partial charge >= 0.3 is 5.97 Å². The first kappa shape index (κ1) is 26.3. The second-order valence-electron chi connectivity index (χ2n) is 8.43. The number of carboxylic acid groups (broad SMARTS) is 1. The number of hydrogen-bond acceptors (Lipinski definition) is 6. The molecule has 1 aromatic carbocycles. The summed E-state index contributed by atoms with van der Waals surface area (Å²) in [6, 6.07) is 4.68. The molecule has 0 radical (unpaired) electrons. The number of carbonyl (C=O) groups excluding carboxylic acids is 3. The summed E-state index contributed by atoms with van der Waals surface area (Å²) >= 11 is 0. The predicted octanol–water partition coefficient (Wildman–Crippen LogP) is -0.360. The Morgan fingerprint density at radius 1 is 1.15 bits per heavy atom. The minimum absolute atomic E-state index is 0.0460. The molecule has 33 heavy (non-hydrogen) atoms. The second-order valence-corrected chi connectivity index (χ2v) is 8.43. The van der Waals surface area contributed by atoms with E-state index in [0.29, 0.717) is 24.9 Å². The van der Waals surface area contributed by atoms with Crippen LogP contribution in [0.1, 0.15) is 38.7 Å². The number of likely N-dealkylation sites (tertiary alicyclic amines) is 1. The lowest BCUT2D eigenvalue weighted by molar-refractivity contribution is -0.143. The number of aliphatic hydroxyl groups excluding tert-OH is 1. The number of benzene rings is 1. The first-order chi connectivity index (χ1) is 15.7. The quantitative estimate of drug-likeness (QED) is 0.300. The summed E-state index contributed by atoms with van der Waals surface area (Å²) in [5.74, 6) is -3.00. The summed E-state index contributed by atoms with van der Waals surface area (Å²) in [5, 5.41) is 24.0. The van der Waals surface area contributed by atoms with Gasteiger partial charge in [-0.2, -0.15) is 0 Å². The Bertz CT molecular complexity index is 834. The highest BCUT2D eigenvalue weighted by molar-refractivity contribution is 5.94. The molecule has 1 fully saturated rings. The molecule has 1 heterocycles. The third kappa shape index (κ3) is 7.00. The Morgan fingerprint density at radius 2 is 1.82 bits per heavy atom. The lowest BCUT2D eigenvalue weighted by Crippen LogP contribution is -2.58. The van der Waals surface area contributed by atoms with Crippen LogP contribution < -0.4 is 16.4 Å². The molecule has 1 saturated heterocycles. The van der Waals surface area contributed by atoms with Gasteiger partial charge in [0.1, 0.15) is 18.1 Å². The van der Waals surface area contributed by atoms with Crippen LogP contribution in [0.5, 0.6) is 0 Å². The van der Waals surface area contributed by atoms with Gasteiger partial charge in [0.15, 0.2) is 0 Å². The average molecular weight is 463 g/mol. The maximum Gasteiger partial charge on any atom is 0.326 e. The van der Waals surface area contributed by atoms with E-state index in [9.17, 15) is 29.4 Å². The van der Waals surface area contributed by atoms with E-state index in [1.165, 1.54) is 4.90 Å². The molecule has 1 aliphatic heterocycles. The zero-order valence-electron chi connectivity index (χ0n) is 19.1. The Hall–Kier alpha value is -2.98. The molecule has 0 spiro atoms. The van der Waals surface area contributed by atoms with Gasteiger partial charge in [-0.1, -0.05) is 50.6 Å². The van der Waals surface area contributed by atoms with Crippen LogP contribution >= 0.6 is 0 Å². The van der Waals surface area contributed by atoms with E-state index >= 15 is 0 Å². The van der Waals surface area contributed by atoms with E-state index in [-0.39, 0.29) is 18.2 Å². The number of nitrogens with zero attached hydrogens (tertiary/aromatic N) is 1. The molecule has 0 aliphatic carbocycles. The van der Waals surface area contributed by atoms with Crippen molar-refractivity contribution in [1.82, 2.24) is 15.5 Å². The van der Waals surface area contributed by atoms with E-state index < -0.39 is 48.6 Å². The third-order valence-electron chi connectivity index (χ3n) is 6.09. The van der Waals surface area contributed by atoms with Crippen LogP contribution in [0.25, 0.3) is 0 Å². The van der Waals surface area contributed by atoms with E-state index in [4.69, 9.17) is 5.73 Å². The number of carbonyl (C=O) groups is 4. The summed E-state index contributed by atoms with van der Waals surface area (Å²) in [6.07, 6.45) is 1.80. The van der Waals surface area contributed by atoms with Crippen molar-refractivity contribution >= 4 is 23.7 Å². The Kier molecular flexibility index (Phi) is 9.80. The molecule has 6 N–H and O–H groups in total. The fourth-order valence-corrected chi connectivity index (χ4v) is 3.78. The number of aliphatic hydroxyl groups is 1. The number of nitrogens with one attached hydrogen (secondary N) is 2. The zero-order chi connectivity index (χ0) is 24.5. The summed E-state index contributed by atoms with van der Waals surface area (Å²) in [6.45, 7) is 3.46. The zero-order valence-corrected chi connectivity index (χ0v) is 19.1. The van der Waals surface area contributed by atoms with Crippen molar-refractivity contribution in [2.45, 2.75) is 63.7 Å². The molecule has 0 bridgehead atoms. The van der Waals surface area contributed by atoms with Crippen LogP contribution in [0.3, 0.4) is 0 Å². The molecule has 5 atom stereocenters. The number of amides is 3. The van der Waals surface area contributed by atoms with Gasteiger partial charge in [0.2, 0.25) is 17.7 Å². The number of aliphatic carboxylic acids is 1. The standard InChI is InChI=1S/C23H34N4O6/c1-3-14(2)19(24)22(31)27-11-7-10-18(27)21(30)26-17(13-28)20(29)25-16(23(32)33)12-15-8-5-4-6-9-15/h4-6,8-9,14,16-19,28H,3,7,10-13,24H2,1-2H3,(H,25,29)(H,26,30)(H,32,33). The van der Waals surface area contributed by atoms with E-state index in [1.54, 1.807) is 30.3 Å². The second kappa shape index (κ2) is 12.3. The minimum Gasteiger partial charge on any atom is -0.480 e. The van der Waals surface area contributed by atoms with Crippen molar-refractivity contribution in [2.24, 2.45) is 11.7 Å². The number of rotatable bonds is 11. The van der Waals surface area contributed by atoms with Crippen LogP contribution in [0.15, 0.2) is 30.3 Å². The first-order valence-corrected chi connectivity index (χ1v) is 11.2. The van der Waals surface area contributed by atoms with Gasteiger partial charge in [0.25, 0.3) is 0 Å². The SMILES string of the molecule is CCC(C)C(N)C(=O)N1CCCC1C(=O)NC(CO)C(=O)NC(Cc1ccccc1)C(=O)O. The highest BCUT2D eigenvalue weighted by Crippen LogP contribution is 2.20. The lowest BCUT2D eigenvalue weighted by atomic mass is 9.98. The smallest absolute Gasteiger partial charge is 0.326 e. The van der Waals surface area contributed by atoms with E-state index in [2.05, 4.69) is 10.6 Å². The lowest BCUT2D eigenvalue weighted by Gasteiger charge is -2.29. The van der Waals surface area contributed by atoms with Crippen LogP contribution in [0.4, 0.5) is 0 Å². The Labute approximate surface area is 193 Å². The normalized spacial score (nSPS) is 19.3. The van der Waals surface area contributed by atoms with Gasteiger partial charge in [-0.15, -0.1) is 0 Å². The summed E-state index contributed by atoms with van der Waals surface area (Å²) in [7, 11) is 0. The fraction of sp³-hybridized carbons (Fsp3) is 0.565. The topological polar surface area (TPSA) is 162 Å². The Balaban J connectivity index is 2.02. The van der Waals surface area contributed by atoms with Crippen molar-refractivity contribution < 1.29 is 29.4 Å². The van der Waals surface area contributed by atoms with Gasteiger partial charge in [0.05, 0.1) is 12.6 Å². The van der Waals surface area contributed by atoms with Gasteiger partial charge in [-0.3, -0.25) is 14.4 Å². The number of hydrogen-bond donors (Lipinski definition) is 5. The largest absolute Gasteiger partial charge is 0.480 e. The van der Waals surface area contributed by atoms with Gasteiger partial charge in [0, 0.05) is 13.0 Å². The summed E-state index contributed by atoms with van der Waals surface area (Å²) in [5.41, 5.74) is 6.77. The molecule has 0 saturated carbocycles. The third-order valence-corrected chi connectivity index (χ3v) is 6.09. The van der Waals surface area contributed by atoms with Gasteiger partial charge < -0.3 is 31.5 Å². The molecule has 5 unspecified atom stereocenters. The molecular formula is C23H34N4O6. The molecule has 182 valence electrons. The molecule has 2 rings (SSSR count). The van der Waals surface area contributed by atoms with E-state index in [0.717, 1.165) is 6.42 Å². The molecule has 1 aliphatic rings. The molecule has 10 heteroatoms. The van der Waals surface area contributed by atoms with Crippen LogP contribution in [0.2, 0.25) is 0 Å². The Morgan fingerprint density at radius 3 is 2.39 bits per heavy atom. The minimum atomic E-state index is -1.35. The van der Waals surface area contributed by atoms with Gasteiger partial charge in [-0.05, 0) is 24.3 Å². The molecule has 10 nitrogen and oxygen atoms in total. The van der Waals surface area contributed by atoms with Crippen LogP contribution in [-0.2, 0) is 25.6 Å². The summed E-state index contributed by atoms with van der Waals surface area (Å²) in [4.78, 5) is 51.3. The molecular weight excluding hydrogens is 428 g/mol. The van der Waals surface area contributed by atoms with Gasteiger partial charge in [-0.25, -0.2) is 4.79 Å². The van der Waals surface area contributed by atoms with Crippen molar-refractivity contribution in [3.63, 3.8) is 0 Å². The van der Waals surface area contributed by atoms with Crippen molar-refractivity contribution in [3.05, 3.63) is 35.9 Å². The van der Waals surface area contributed by atoms with Crippen molar-refractivity contribution in [2.75, 3.05) is 13.2 Å². The molecule has 0 aromatic heterocycles. The maximum atomic E-state index is 12.9. The number of nitrogens with two attached hydrogens (primary N) is 1. The maximum absolute atomic E-state index is 12.9. The monoisotopic (exact) mass is 462 g/mol. The highest BCUT2D eigenvalue weighted by Gasteiger charge is 2.38. The van der Waals surface area contributed by atoms with Crippen LogP contribution in [0, 0.1) is 5.92 Å². The van der Waals surface area contributed by atoms with Crippen molar-refractivity contribution in [1.29, 1.82) is 0 Å².